The summed E-state index contributed by atoms with van der Waals surface area (Å²) < 4.78 is 5.04. The summed E-state index contributed by atoms with van der Waals surface area (Å²) in [6, 6.07) is 3.17. The van der Waals surface area contributed by atoms with E-state index in [0.29, 0.717) is 30.0 Å². The molecule has 0 unspecified atom stereocenters. The number of aromatic nitrogens is 1. The van der Waals surface area contributed by atoms with Crippen LogP contribution in [0.15, 0.2) is 23.4 Å². The van der Waals surface area contributed by atoms with Crippen LogP contribution in [0.25, 0.3) is 0 Å². The van der Waals surface area contributed by atoms with Crippen LogP contribution in [0, 0.1) is 11.8 Å². The molecular formula is C18H27N3O4S. The van der Waals surface area contributed by atoms with Crippen LogP contribution < -0.4 is 10.6 Å². The van der Waals surface area contributed by atoms with Gasteiger partial charge in [0.15, 0.2) is 6.61 Å². The summed E-state index contributed by atoms with van der Waals surface area (Å²) in [4.78, 5) is 39.8. The SMILES string of the molecule is CC(C)CNC(=O)COC(=O)c1cccnc1SCC(=O)NCC(C)C. The van der Waals surface area contributed by atoms with E-state index in [1.165, 1.54) is 0 Å². The van der Waals surface area contributed by atoms with Crippen LogP contribution in [0.4, 0.5) is 0 Å². The Morgan fingerprint density at radius 2 is 1.69 bits per heavy atom. The number of carbonyl (C=O) groups is 3. The summed E-state index contributed by atoms with van der Waals surface area (Å²) in [5.41, 5.74) is 0.241. The van der Waals surface area contributed by atoms with Crippen molar-refractivity contribution in [2.24, 2.45) is 11.8 Å². The van der Waals surface area contributed by atoms with E-state index in [9.17, 15) is 14.4 Å². The number of amides is 2. The van der Waals surface area contributed by atoms with Crippen LogP contribution in [0.1, 0.15) is 38.1 Å². The van der Waals surface area contributed by atoms with Crippen LogP contribution in [0.5, 0.6) is 0 Å². The van der Waals surface area contributed by atoms with Crippen molar-refractivity contribution in [3.8, 4) is 0 Å². The number of ether oxygens (including phenoxy) is 1. The summed E-state index contributed by atoms with van der Waals surface area (Å²) in [5.74, 6) is -0.273. The van der Waals surface area contributed by atoms with E-state index in [1.54, 1.807) is 18.3 Å². The molecule has 0 radical (unpaired) electrons. The van der Waals surface area contributed by atoms with Gasteiger partial charge in [-0.2, -0.15) is 0 Å². The zero-order valence-corrected chi connectivity index (χ0v) is 16.5. The number of rotatable bonds is 10. The first-order valence-corrected chi connectivity index (χ1v) is 9.56. The molecule has 1 heterocycles. The lowest BCUT2D eigenvalue weighted by atomic mass is 10.2. The highest BCUT2D eigenvalue weighted by atomic mass is 32.2. The van der Waals surface area contributed by atoms with Crippen molar-refractivity contribution in [3.63, 3.8) is 0 Å². The van der Waals surface area contributed by atoms with Gasteiger partial charge in [-0.05, 0) is 24.0 Å². The van der Waals surface area contributed by atoms with Gasteiger partial charge in [0.25, 0.3) is 5.91 Å². The molecule has 0 aliphatic heterocycles. The monoisotopic (exact) mass is 381 g/mol. The molecule has 144 valence electrons. The maximum atomic E-state index is 12.2. The molecule has 0 bridgehead atoms. The number of nitrogens with zero attached hydrogens (tertiary/aromatic N) is 1. The molecular weight excluding hydrogens is 354 g/mol. The van der Waals surface area contributed by atoms with E-state index in [-0.39, 0.29) is 29.7 Å². The number of esters is 1. The van der Waals surface area contributed by atoms with E-state index in [0.717, 1.165) is 11.8 Å². The number of pyridine rings is 1. The van der Waals surface area contributed by atoms with Crippen molar-refractivity contribution in [3.05, 3.63) is 23.9 Å². The molecule has 26 heavy (non-hydrogen) atoms. The third-order valence-corrected chi connectivity index (χ3v) is 4.09. The molecule has 8 heteroatoms. The summed E-state index contributed by atoms with van der Waals surface area (Å²) in [6.07, 6.45) is 1.54. The van der Waals surface area contributed by atoms with E-state index in [2.05, 4.69) is 15.6 Å². The van der Waals surface area contributed by atoms with Gasteiger partial charge in [0, 0.05) is 19.3 Å². The predicted molar refractivity (Wildman–Crippen MR) is 101 cm³/mol. The molecule has 0 aliphatic rings. The molecule has 1 aromatic rings. The lowest BCUT2D eigenvalue weighted by Crippen LogP contribution is -2.31. The smallest absolute Gasteiger partial charge is 0.341 e. The fraction of sp³-hybridized carbons (Fsp3) is 0.556. The van der Waals surface area contributed by atoms with Gasteiger partial charge >= 0.3 is 5.97 Å². The Morgan fingerprint density at radius 3 is 2.31 bits per heavy atom. The molecule has 0 saturated carbocycles. The van der Waals surface area contributed by atoms with Crippen molar-refractivity contribution in [1.29, 1.82) is 0 Å². The van der Waals surface area contributed by atoms with Crippen LogP contribution in [-0.4, -0.2) is 48.2 Å². The first-order chi connectivity index (χ1) is 12.3. The van der Waals surface area contributed by atoms with Crippen LogP contribution >= 0.6 is 11.8 Å². The van der Waals surface area contributed by atoms with Crippen molar-refractivity contribution in [2.75, 3.05) is 25.4 Å². The zero-order valence-electron chi connectivity index (χ0n) is 15.7. The maximum Gasteiger partial charge on any atom is 0.341 e. The predicted octanol–water partition coefficient (Wildman–Crippen LogP) is 1.87. The Balaban J connectivity index is 2.55. The van der Waals surface area contributed by atoms with Gasteiger partial charge in [-0.3, -0.25) is 9.59 Å². The van der Waals surface area contributed by atoms with Gasteiger partial charge in [0.1, 0.15) is 5.03 Å². The van der Waals surface area contributed by atoms with Crippen LogP contribution in [-0.2, 0) is 14.3 Å². The summed E-state index contributed by atoms with van der Waals surface area (Å²) in [7, 11) is 0. The third kappa shape index (κ3) is 8.84. The number of thioether (sulfide) groups is 1. The highest BCUT2D eigenvalue weighted by molar-refractivity contribution is 8.00. The third-order valence-electron chi connectivity index (χ3n) is 3.08. The topological polar surface area (TPSA) is 97.4 Å². The van der Waals surface area contributed by atoms with Crippen molar-refractivity contribution >= 4 is 29.5 Å². The van der Waals surface area contributed by atoms with Gasteiger partial charge in [0.2, 0.25) is 5.91 Å². The Bertz CT molecular complexity index is 620. The Hall–Kier alpha value is -2.09. The highest BCUT2D eigenvalue weighted by Gasteiger charge is 2.17. The minimum Gasteiger partial charge on any atom is -0.452 e. The fourth-order valence-corrected chi connectivity index (χ4v) is 2.55. The quantitative estimate of drug-likeness (QED) is 0.474. The molecule has 2 amide bonds. The Kier molecular flexibility index (Phi) is 9.72. The van der Waals surface area contributed by atoms with Crippen LogP contribution in [0.3, 0.4) is 0 Å². The van der Waals surface area contributed by atoms with Gasteiger partial charge in [-0.15, -0.1) is 0 Å². The standard InChI is InChI=1S/C18H27N3O4S/c1-12(2)8-20-15(22)10-25-18(24)14-6-5-7-19-17(14)26-11-16(23)21-9-13(3)4/h5-7,12-13H,8-11H2,1-4H3,(H,20,22)(H,21,23). The molecule has 0 aliphatic carbocycles. The van der Waals surface area contributed by atoms with Crippen molar-refractivity contribution < 1.29 is 19.1 Å². The normalized spacial score (nSPS) is 10.7. The summed E-state index contributed by atoms with van der Waals surface area (Å²) >= 11 is 1.16. The zero-order chi connectivity index (χ0) is 19.5. The average Bonchev–Trinajstić information content (AvgIpc) is 2.61. The molecule has 2 N–H and O–H groups in total. The van der Waals surface area contributed by atoms with E-state index >= 15 is 0 Å². The maximum absolute atomic E-state index is 12.2. The molecule has 1 rings (SSSR count). The molecule has 0 atom stereocenters. The fourth-order valence-electron chi connectivity index (χ4n) is 1.74. The minimum absolute atomic E-state index is 0.123. The molecule has 0 spiro atoms. The number of hydrogen-bond acceptors (Lipinski definition) is 6. The number of hydrogen-bond donors (Lipinski definition) is 2. The highest BCUT2D eigenvalue weighted by Crippen LogP contribution is 2.20. The second kappa shape index (κ2) is 11.5. The van der Waals surface area contributed by atoms with Crippen LogP contribution in [0.2, 0.25) is 0 Å². The lowest BCUT2D eigenvalue weighted by molar-refractivity contribution is -0.124. The van der Waals surface area contributed by atoms with Crippen molar-refractivity contribution in [1.82, 2.24) is 15.6 Å². The first kappa shape index (κ1) is 22.0. The number of carbonyl (C=O) groups excluding carboxylic acids is 3. The van der Waals surface area contributed by atoms with Crippen molar-refractivity contribution in [2.45, 2.75) is 32.7 Å². The summed E-state index contributed by atoms with van der Waals surface area (Å²) in [6.45, 7) is 8.75. The second-order valence-electron chi connectivity index (χ2n) is 6.62. The molecule has 0 saturated heterocycles. The lowest BCUT2D eigenvalue weighted by Gasteiger charge is -2.10. The number of nitrogens with one attached hydrogen (secondary N) is 2. The van der Waals surface area contributed by atoms with Gasteiger partial charge in [0.05, 0.1) is 11.3 Å². The largest absolute Gasteiger partial charge is 0.452 e. The van der Waals surface area contributed by atoms with Gasteiger partial charge in [-0.1, -0.05) is 39.5 Å². The molecule has 7 nitrogen and oxygen atoms in total. The van der Waals surface area contributed by atoms with E-state index < -0.39 is 5.97 Å². The summed E-state index contributed by atoms with van der Waals surface area (Å²) in [5, 5.41) is 5.89. The second-order valence-corrected chi connectivity index (χ2v) is 7.58. The van der Waals surface area contributed by atoms with Gasteiger partial charge in [-0.25, -0.2) is 9.78 Å². The Labute approximate surface area is 158 Å². The molecule has 0 aromatic carbocycles. The Morgan fingerprint density at radius 1 is 1.08 bits per heavy atom. The van der Waals surface area contributed by atoms with Gasteiger partial charge < -0.3 is 15.4 Å². The first-order valence-electron chi connectivity index (χ1n) is 8.58. The van der Waals surface area contributed by atoms with E-state index in [1.807, 2.05) is 27.7 Å². The minimum atomic E-state index is -0.636. The van der Waals surface area contributed by atoms with E-state index in [4.69, 9.17) is 4.74 Å². The average molecular weight is 381 g/mol. The molecule has 0 fully saturated rings. The molecule has 1 aromatic heterocycles.